The molecule has 3 saturated heterocycles. The molecule has 7 heterocycles. The number of carbonyl (C=O) groups is 3. The summed E-state index contributed by atoms with van der Waals surface area (Å²) in [6.07, 6.45) is 9.25. The van der Waals surface area contributed by atoms with E-state index >= 15 is 8.78 Å². The van der Waals surface area contributed by atoms with E-state index in [2.05, 4.69) is 20.5 Å². The number of primary amides is 1. The summed E-state index contributed by atoms with van der Waals surface area (Å²) in [7, 11) is 1.78. The highest BCUT2D eigenvalue weighted by Crippen LogP contribution is 2.51. The summed E-state index contributed by atoms with van der Waals surface area (Å²) in [5.74, 6) is -4.92. The van der Waals surface area contributed by atoms with Crippen LogP contribution < -0.4 is 21.3 Å². The third-order valence-corrected chi connectivity index (χ3v) is 12.3. The molecular weight excluding hydrogens is 774 g/mol. The van der Waals surface area contributed by atoms with E-state index in [4.69, 9.17) is 15.8 Å². The van der Waals surface area contributed by atoms with E-state index in [1.165, 1.54) is 42.1 Å². The van der Waals surface area contributed by atoms with Crippen LogP contribution >= 0.6 is 0 Å². The van der Waals surface area contributed by atoms with Crippen molar-refractivity contribution in [2.45, 2.75) is 69.9 Å². The number of nitrogens with zero attached hydrogens (tertiary/aromatic N) is 7. The zero-order valence-electron chi connectivity index (χ0n) is 33.4. The van der Waals surface area contributed by atoms with Crippen LogP contribution in [-0.4, -0.2) is 92.8 Å². The monoisotopic (exact) mass is 820 g/mol. The number of amides is 3. The van der Waals surface area contributed by atoms with Crippen molar-refractivity contribution in [3.05, 3.63) is 101 Å². The number of carbonyl (C=O) groups excluding carboxylic acids is 3. The Labute approximate surface area is 345 Å². The van der Waals surface area contributed by atoms with Crippen molar-refractivity contribution in [1.29, 1.82) is 0 Å². The first kappa shape index (κ1) is 39.6. The minimum atomic E-state index is -2.94. The Bertz CT molecular complexity index is 2480. The predicted molar refractivity (Wildman–Crippen MR) is 219 cm³/mol. The molecule has 16 heteroatoms. The van der Waals surface area contributed by atoms with Gasteiger partial charge in [-0.25, -0.2) is 22.7 Å². The molecule has 5 aromatic rings. The molecule has 0 bridgehead atoms. The lowest BCUT2D eigenvalue weighted by atomic mass is 9.69. The van der Waals surface area contributed by atoms with Gasteiger partial charge in [0.15, 0.2) is 11.5 Å². The summed E-state index contributed by atoms with van der Waals surface area (Å²) >= 11 is 0. The molecule has 1 saturated carbocycles. The molecule has 4 aliphatic heterocycles. The second kappa shape index (κ2) is 15.6. The molecule has 5 aliphatic rings. The number of hydrogen-bond acceptors (Lipinski definition) is 10. The van der Waals surface area contributed by atoms with Crippen LogP contribution in [0, 0.1) is 11.2 Å². The number of anilines is 3. The van der Waals surface area contributed by atoms with E-state index < -0.39 is 41.4 Å². The van der Waals surface area contributed by atoms with Crippen molar-refractivity contribution >= 4 is 40.6 Å². The van der Waals surface area contributed by atoms with Crippen LogP contribution in [0.15, 0.2) is 67.0 Å². The summed E-state index contributed by atoms with van der Waals surface area (Å²) in [6, 6.07) is 16.2. The summed E-state index contributed by atoms with van der Waals surface area (Å²) in [6.45, 7) is 1.87. The first-order chi connectivity index (χ1) is 28.9. The third-order valence-electron chi connectivity index (χ3n) is 12.3. The van der Waals surface area contributed by atoms with Gasteiger partial charge in [-0.05, 0) is 72.3 Å². The fourth-order valence-electron chi connectivity index (χ4n) is 9.05. The molecule has 4 fully saturated rings. The van der Waals surface area contributed by atoms with E-state index in [9.17, 15) is 18.8 Å². The maximum absolute atomic E-state index is 15.9. The van der Waals surface area contributed by atoms with Gasteiger partial charge < -0.3 is 16.0 Å². The number of rotatable bonds is 9. The number of imide groups is 1. The molecule has 1 aliphatic carbocycles. The van der Waals surface area contributed by atoms with Gasteiger partial charge in [0.1, 0.15) is 11.5 Å². The Morgan fingerprint density at radius 1 is 0.933 bits per heavy atom. The van der Waals surface area contributed by atoms with Gasteiger partial charge >= 0.3 is 0 Å². The lowest BCUT2D eigenvalue weighted by molar-refractivity contribution is -0.227. The quantitative estimate of drug-likeness (QED) is 0.156. The standard InChI is InChI=1S/C41H41F3N10O3.C3H6/c1-46-32-16-35(50-54-34(37(45)56)18-48-38(32)54)53-11-9-30-29(3-2-4-33(30)53)31-7-5-24(17-47-31)19-52-21-40(22-52)10-12-51(23-41(40,43)44)20-25-13-26(15-27(42)14-25)28-6-8-36(55)49-39(28)57;1-2-3-1/h2-5,7,13-18,28,46H,6,8-12,19-23H2,1H3,(H2,45,56)(H,49,55,57);1-3H2. The predicted octanol–water partition coefficient (Wildman–Crippen LogP) is 5.80. The van der Waals surface area contributed by atoms with Crippen molar-refractivity contribution in [2.75, 3.05) is 50.0 Å². The third kappa shape index (κ3) is 7.58. The van der Waals surface area contributed by atoms with Crippen LogP contribution in [0.1, 0.15) is 77.2 Å². The number of halogens is 3. The van der Waals surface area contributed by atoms with E-state index in [1.807, 2.05) is 47.5 Å². The number of benzene rings is 2. The van der Waals surface area contributed by atoms with Gasteiger partial charge in [0, 0.05) is 69.7 Å². The summed E-state index contributed by atoms with van der Waals surface area (Å²) in [5, 5.41) is 10.2. The van der Waals surface area contributed by atoms with Gasteiger partial charge in [0.05, 0.1) is 35.5 Å². The van der Waals surface area contributed by atoms with Crippen molar-refractivity contribution in [3.63, 3.8) is 0 Å². The highest BCUT2D eigenvalue weighted by Gasteiger charge is 2.62. The number of hydrogen-bond donors (Lipinski definition) is 3. The van der Waals surface area contributed by atoms with Crippen LogP contribution in [0.25, 0.3) is 16.9 Å². The molecule has 60 heavy (non-hydrogen) atoms. The average molecular weight is 821 g/mol. The van der Waals surface area contributed by atoms with Gasteiger partial charge in [0.2, 0.25) is 11.8 Å². The lowest BCUT2D eigenvalue weighted by Gasteiger charge is -2.57. The average Bonchev–Trinajstić information content (AvgIpc) is 3.92. The Hall–Kier alpha value is -5.87. The second-order valence-corrected chi connectivity index (χ2v) is 16.7. The van der Waals surface area contributed by atoms with Gasteiger partial charge in [0.25, 0.3) is 11.8 Å². The Morgan fingerprint density at radius 2 is 1.73 bits per heavy atom. The van der Waals surface area contributed by atoms with Gasteiger partial charge in [-0.15, -0.1) is 5.10 Å². The maximum atomic E-state index is 15.9. The summed E-state index contributed by atoms with van der Waals surface area (Å²) in [4.78, 5) is 51.0. The number of aromatic nitrogens is 4. The molecule has 10 rings (SSSR count). The largest absolute Gasteiger partial charge is 0.385 e. The number of nitrogens with two attached hydrogens (primary N) is 1. The topological polar surface area (TPSA) is 154 Å². The SMILES string of the molecule is C1CC1.CNc1cc(N2CCc3c(-c4ccc(CN5CC6(CCN(Cc7cc(F)cc(C8CCC(=O)NC8=O)c7)CC6(F)F)C5)cn4)cccc32)nn2c(C(N)=O)cnc12. The molecule has 1 unspecified atom stereocenters. The summed E-state index contributed by atoms with van der Waals surface area (Å²) in [5.41, 5.74) is 11.7. The fraction of sp³-hybridized carbons (Fsp3) is 0.409. The molecule has 13 nitrogen and oxygen atoms in total. The van der Waals surface area contributed by atoms with Crippen molar-refractivity contribution in [3.8, 4) is 11.3 Å². The number of alkyl halides is 2. The normalized spacial score (nSPS) is 20.6. The highest BCUT2D eigenvalue weighted by atomic mass is 19.3. The molecule has 4 N–H and O–H groups in total. The Morgan fingerprint density at radius 3 is 2.43 bits per heavy atom. The van der Waals surface area contributed by atoms with Gasteiger partial charge in [-0.2, -0.15) is 0 Å². The molecule has 3 amide bonds. The first-order valence-electron chi connectivity index (χ1n) is 20.6. The molecule has 1 spiro atoms. The highest BCUT2D eigenvalue weighted by molar-refractivity contribution is 6.01. The molecule has 2 aromatic carbocycles. The van der Waals surface area contributed by atoms with Crippen LogP contribution in [0.3, 0.4) is 0 Å². The van der Waals surface area contributed by atoms with Crippen LogP contribution in [0.2, 0.25) is 0 Å². The molecule has 1 atom stereocenters. The van der Waals surface area contributed by atoms with Gasteiger partial charge in [-0.3, -0.25) is 34.5 Å². The van der Waals surface area contributed by atoms with E-state index in [0.29, 0.717) is 54.3 Å². The van der Waals surface area contributed by atoms with E-state index in [1.54, 1.807) is 18.0 Å². The van der Waals surface area contributed by atoms with E-state index in [-0.39, 0.29) is 44.1 Å². The molecule has 3 aromatic heterocycles. The smallest absolute Gasteiger partial charge is 0.269 e. The first-order valence-corrected chi connectivity index (χ1v) is 20.6. The number of fused-ring (bicyclic) bond motifs is 2. The Balaban J connectivity index is 0.00000148. The van der Waals surface area contributed by atoms with Crippen LogP contribution in [-0.2, 0) is 29.1 Å². The molecular formula is C44H47F3N10O3. The van der Waals surface area contributed by atoms with Crippen LogP contribution in [0.4, 0.5) is 30.4 Å². The zero-order chi connectivity index (χ0) is 41.8. The molecule has 0 radical (unpaired) electrons. The zero-order valence-corrected chi connectivity index (χ0v) is 33.4. The Kier molecular flexibility index (Phi) is 10.3. The van der Waals surface area contributed by atoms with Crippen molar-refractivity contribution < 1.29 is 27.6 Å². The second-order valence-electron chi connectivity index (χ2n) is 16.7. The van der Waals surface area contributed by atoms with Crippen LogP contribution in [0.5, 0.6) is 0 Å². The minimum Gasteiger partial charge on any atom is -0.385 e. The van der Waals surface area contributed by atoms with E-state index in [0.717, 1.165) is 34.5 Å². The maximum Gasteiger partial charge on any atom is 0.269 e. The number of piperidine rings is 2. The number of pyridine rings is 1. The minimum absolute atomic E-state index is 0.140. The lowest BCUT2D eigenvalue weighted by Crippen LogP contribution is -2.69. The molecule has 312 valence electrons. The fourth-order valence-corrected chi connectivity index (χ4v) is 9.05. The number of likely N-dealkylation sites (tertiary alicyclic amines) is 2. The van der Waals surface area contributed by atoms with Crippen molar-refractivity contribution in [1.82, 2.24) is 34.7 Å². The number of imidazole rings is 1. The van der Waals surface area contributed by atoms with Gasteiger partial charge in [-0.1, -0.05) is 43.5 Å². The van der Waals surface area contributed by atoms with Crippen molar-refractivity contribution in [2.24, 2.45) is 11.1 Å². The number of nitrogens with one attached hydrogen (secondary N) is 2. The summed E-state index contributed by atoms with van der Waals surface area (Å²) < 4.78 is 47.8.